The Labute approximate surface area is 95.1 Å². The average molecular weight is 228 g/mol. The van der Waals surface area contributed by atoms with Crippen molar-refractivity contribution in [1.82, 2.24) is 5.32 Å². The van der Waals surface area contributed by atoms with Crippen LogP contribution in [0.2, 0.25) is 0 Å². The van der Waals surface area contributed by atoms with Crippen molar-refractivity contribution in [3.05, 3.63) is 29.8 Å². The Morgan fingerprint density at radius 1 is 1.12 bits per heavy atom. The summed E-state index contributed by atoms with van der Waals surface area (Å²) >= 11 is 0. The summed E-state index contributed by atoms with van der Waals surface area (Å²) in [6.45, 7) is 7.40. The Morgan fingerprint density at radius 2 is 1.81 bits per heavy atom. The molecule has 1 rings (SSSR count). The van der Waals surface area contributed by atoms with Gasteiger partial charge < -0.3 is 10.6 Å². The molecule has 0 aliphatic heterocycles. The first-order valence-electron chi connectivity index (χ1n) is 5.33. The summed E-state index contributed by atoms with van der Waals surface area (Å²) in [5.74, 6) is -1.65. The third kappa shape index (κ3) is 4.14. The van der Waals surface area contributed by atoms with Crippen molar-refractivity contribution < 1.29 is 8.78 Å². The molecule has 1 aromatic carbocycles. The molecule has 0 heterocycles. The van der Waals surface area contributed by atoms with Crippen LogP contribution in [0.25, 0.3) is 0 Å². The lowest BCUT2D eigenvalue weighted by atomic mass is 10.1. The van der Waals surface area contributed by atoms with E-state index in [2.05, 4.69) is 31.4 Å². The fourth-order valence-electron chi connectivity index (χ4n) is 1.27. The van der Waals surface area contributed by atoms with Gasteiger partial charge in [-0.1, -0.05) is 6.07 Å². The minimum Gasteiger partial charge on any atom is -0.381 e. The monoisotopic (exact) mass is 228 g/mol. The molecule has 0 aliphatic carbocycles. The molecule has 16 heavy (non-hydrogen) atoms. The zero-order chi connectivity index (χ0) is 12.2. The molecule has 0 fully saturated rings. The first kappa shape index (κ1) is 12.9. The lowest BCUT2D eigenvalue weighted by Gasteiger charge is -2.20. The summed E-state index contributed by atoms with van der Waals surface area (Å²) in [6, 6.07) is 4.11. The van der Waals surface area contributed by atoms with Gasteiger partial charge in [0.2, 0.25) is 0 Å². The molecule has 2 N–H and O–H groups in total. The van der Waals surface area contributed by atoms with E-state index in [0.717, 1.165) is 6.07 Å². The fourth-order valence-corrected chi connectivity index (χ4v) is 1.27. The molecule has 2 nitrogen and oxygen atoms in total. The first-order valence-corrected chi connectivity index (χ1v) is 5.33. The van der Waals surface area contributed by atoms with E-state index in [1.165, 1.54) is 12.1 Å². The summed E-state index contributed by atoms with van der Waals surface area (Å²) in [5.41, 5.74) is 0.234. The normalized spacial score (nSPS) is 11.6. The summed E-state index contributed by atoms with van der Waals surface area (Å²) in [7, 11) is 0. The predicted octanol–water partition coefficient (Wildman–Crippen LogP) is 2.76. The van der Waals surface area contributed by atoms with Gasteiger partial charge in [-0.3, -0.25) is 0 Å². The van der Waals surface area contributed by atoms with E-state index in [-0.39, 0.29) is 11.2 Å². The molecule has 90 valence electrons. The molecular formula is C12H18F2N2. The molecule has 0 unspecified atom stereocenters. The quantitative estimate of drug-likeness (QED) is 0.774. The van der Waals surface area contributed by atoms with Gasteiger partial charge in [0.1, 0.15) is 0 Å². The molecule has 0 radical (unpaired) electrons. The Bertz CT molecular complexity index is 345. The van der Waals surface area contributed by atoms with Crippen molar-refractivity contribution in [2.24, 2.45) is 0 Å². The Morgan fingerprint density at radius 3 is 2.44 bits per heavy atom. The zero-order valence-electron chi connectivity index (χ0n) is 9.90. The lowest BCUT2D eigenvalue weighted by molar-refractivity contribution is 0.435. The van der Waals surface area contributed by atoms with Gasteiger partial charge in [-0.2, -0.15) is 0 Å². The third-order valence-corrected chi connectivity index (χ3v) is 2.05. The predicted molar refractivity (Wildman–Crippen MR) is 62.6 cm³/mol. The second kappa shape index (κ2) is 5.25. The number of hydrogen-bond acceptors (Lipinski definition) is 2. The molecule has 0 atom stereocenters. The number of hydrogen-bond donors (Lipinski definition) is 2. The van der Waals surface area contributed by atoms with Crippen LogP contribution in [0.15, 0.2) is 18.2 Å². The van der Waals surface area contributed by atoms with Crippen LogP contribution >= 0.6 is 0 Å². The van der Waals surface area contributed by atoms with E-state index in [9.17, 15) is 8.78 Å². The first-order chi connectivity index (χ1) is 7.40. The van der Waals surface area contributed by atoms with Crippen LogP contribution in [-0.2, 0) is 0 Å². The average Bonchev–Trinajstić information content (AvgIpc) is 2.17. The molecule has 1 aromatic rings. The molecule has 0 amide bonds. The van der Waals surface area contributed by atoms with E-state index in [0.29, 0.717) is 13.1 Å². The van der Waals surface area contributed by atoms with E-state index < -0.39 is 11.6 Å². The SMILES string of the molecule is CC(C)(C)NCCNc1cccc(F)c1F. The minimum absolute atomic E-state index is 0.0299. The molecule has 0 saturated heterocycles. The van der Waals surface area contributed by atoms with E-state index in [1.807, 2.05) is 0 Å². The van der Waals surface area contributed by atoms with Crippen molar-refractivity contribution in [2.75, 3.05) is 18.4 Å². The van der Waals surface area contributed by atoms with Crippen molar-refractivity contribution in [1.29, 1.82) is 0 Å². The highest BCUT2D eigenvalue weighted by Crippen LogP contribution is 2.15. The van der Waals surface area contributed by atoms with Gasteiger partial charge in [-0.25, -0.2) is 8.78 Å². The molecular weight excluding hydrogens is 210 g/mol. The maximum Gasteiger partial charge on any atom is 0.181 e. The maximum absolute atomic E-state index is 13.2. The Hall–Kier alpha value is -1.16. The molecule has 0 spiro atoms. The smallest absolute Gasteiger partial charge is 0.181 e. The molecule has 0 aromatic heterocycles. The number of nitrogens with one attached hydrogen (secondary N) is 2. The van der Waals surface area contributed by atoms with Gasteiger partial charge in [-0.05, 0) is 32.9 Å². The van der Waals surface area contributed by atoms with E-state index >= 15 is 0 Å². The van der Waals surface area contributed by atoms with Crippen LogP contribution in [0, 0.1) is 11.6 Å². The molecule has 4 heteroatoms. The van der Waals surface area contributed by atoms with Crippen LogP contribution in [0.4, 0.5) is 14.5 Å². The minimum atomic E-state index is -0.825. The van der Waals surface area contributed by atoms with Crippen LogP contribution < -0.4 is 10.6 Å². The molecule has 0 bridgehead atoms. The topological polar surface area (TPSA) is 24.1 Å². The second-order valence-electron chi connectivity index (χ2n) is 4.70. The van der Waals surface area contributed by atoms with Gasteiger partial charge >= 0.3 is 0 Å². The number of benzene rings is 1. The summed E-state index contributed by atoms with van der Waals surface area (Å²) < 4.78 is 26.1. The third-order valence-electron chi connectivity index (χ3n) is 2.05. The van der Waals surface area contributed by atoms with Gasteiger partial charge in [0, 0.05) is 18.6 Å². The maximum atomic E-state index is 13.2. The van der Waals surface area contributed by atoms with Crippen LogP contribution in [0.1, 0.15) is 20.8 Å². The highest BCUT2D eigenvalue weighted by atomic mass is 19.2. The van der Waals surface area contributed by atoms with Crippen molar-refractivity contribution in [3.63, 3.8) is 0 Å². The zero-order valence-corrected chi connectivity index (χ0v) is 9.90. The van der Waals surface area contributed by atoms with E-state index in [4.69, 9.17) is 0 Å². The lowest BCUT2D eigenvalue weighted by Crippen LogP contribution is -2.38. The highest BCUT2D eigenvalue weighted by Gasteiger charge is 2.09. The standard InChI is InChI=1S/C12H18F2N2/c1-12(2,3)16-8-7-15-10-6-4-5-9(13)11(10)14/h4-6,15-16H,7-8H2,1-3H3. The van der Waals surface area contributed by atoms with Crippen LogP contribution in [0.3, 0.4) is 0 Å². The molecule has 0 aliphatic rings. The highest BCUT2D eigenvalue weighted by molar-refractivity contribution is 5.44. The van der Waals surface area contributed by atoms with Crippen LogP contribution in [0.5, 0.6) is 0 Å². The van der Waals surface area contributed by atoms with E-state index in [1.54, 1.807) is 0 Å². The fraction of sp³-hybridized carbons (Fsp3) is 0.500. The van der Waals surface area contributed by atoms with Gasteiger partial charge in [0.05, 0.1) is 5.69 Å². The van der Waals surface area contributed by atoms with Gasteiger partial charge in [0.25, 0.3) is 0 Å². The Balaban J connectivity index is 2.41. The van der Waals surface area contributed by atoms with Crippen LogP contribution in [-0.4, -0.2) is 18.6 Å². The molecule has 0 saturated carbocycles. The van der Waals surface area contributed by atoms with Crippen molar-refractivity contribution >= 4 is 5.69 Å². The number of halogens is 2. The second-order valence-corrected chi connectivity index (χ2v) is 4.70. The van der Waals surface area contributed by atoms with Gasteiger partial charge in [0.15, 0.2) is 11.6 Å². The van der Waals surface area contributed by atoms with Crippen molar-refractivity contribution in [2.45, 2.75) is 26.3 Å². The largest absolute Gasteiger partial charge is 0.381 e. The number of anilines is 1. The van der Waals surface area contributed by atoms with Crippen molar-refractivity contribution in [3.8, 4) is 0 Å². The number of rotatable bonds is 4. The Kier molecular flexibility index (Phi) is 4.24. The summed E-state index contributed by atoms with van der Waals surface area (Å²) in [5, 5.41) is 6.10. The summed E-state index contributed by atoms with van der Waals surface area (Å²) in [6.07, 6.45) is 0. The summed E-state index contributed by atoms with van der Waals surface area (Å²) in [4.78, 5) is 0. The van der Waals surface area contributed by atoms with Gasteiger partial charge in [-0.15, -0.1) is 0 Å².